The van der Waals surface area contributed by atoms with Crippen molar-refractivity contribution in [1.29, 1.82) is 0 Å². The molecule has 0 aromatic heterocycles. The third-order valence-corrected chi connectivity index (χ3v) is 6.15. The molecule has 0 saturated carbocycles. The van der Waals surface area contributed by atoms with Crippen molar-refractivity contribution in [2.75, 3.05) is 32.4 Å². The molecule has 0 aliphatic carbocycles. The predicted molar refractivity (Wildman–Crippen MR) is 124 cm³/mol. The van der Waals surface area contributed by atoms with Crippen LogP contribution in [0.2, 0.25) is 0 Å². The normalized spacial score (nSPS) is 13.9. The van der Waals surface area contributed by atoms with Crippen LogP contribution < -0.4 is 10.6 Å². The van der Waals surface area contributed by atoms with Gasteiger partial charge in [0, 0.05) is 42.9 Å². The Morgan fingerprint density at radius 1 is 1.07 bits per heavy atom. The minimum atomic E-state index is -0.994. The molecule has 0 heterocycles. The Balaban J connectivity index is 1.75. The van der Waals surface area contributed by atoms with Crippen LogP contribution in [0, 0.1) is 0 Å². The van der Waals surface area contributed by atoms with E-state index in [1.165, 1.54) is 5.56 Å². The van der Waals surface area contributed by atoms with Gasteiger partial charge < -0.3 is 10.6 Å². The molecule has 6 heteroatoms. The number of aliphatic imine (C=N–C) groups is 1. The minimum Gasteiger partial charge on any atom is -0.357 e. The highest BCUT2D eigenvalue weighted by molar-refractivity contribution is 7.85. The van der Waals surface area contributed by atoms with Crippen molar-refractivity contribution in [3.05, 3.63) is 66.2 Å². The molecule has 0 bridgehead atoms. The quantitative estimate of drug-likeness (QED) is 0.438. The van der Waals surface area contributed by atoms with E-state index >= 15 is 0 Å². The summed E-state index contributed by atoms with van der Waals surface area (Å²) in [6.45, 7) is 7.40. The number of rotatable bonds is 11. The van der Waals surface area contributed by atoms with Crippen molar-refractivity contribution >= 4 is 16.8 Å². The lowest BCUT2D eigenvalue weighted by Crippen LogP contribution is -2.39. The molecule has 5 nitrogen and oxygen atoms in total. The van der Waals surface area contributed by atoms with Crippen molar-refractivity contribution in [3.8, 4) is 0 Å². The van der Waals surface area contributed by atoms with Gasteiger partial charge in [-0.05, 0) is 45.0 Å². The highest BCUT2D eigenvalue weighted by Crippen LogP contribution is 2.08. The third kappa shape index (κ3) is 8.79. The first-order valence-corrected chi connectivity index (χ1v) is 11.6. The second-order valence-electron chi connectivity index (χ2n) is 7.09. The highest BCUT2D eigenvalue weighted by atomic mass is 32.2. The van der Waals surface area contributed by atoms with Crippen LogP contribution >= 0.6 is 0 Å². The van der Waals surface area contributed by atoms with Gasteiger partial charge in [-0.15, -0.1) is 0 Å². The van der Waals surface area contributed by atoms with Crippen molar-refractivity contribution in [1.82, 2.24) is 15.5 Å². The van der Waals surface area contributed by atoms with Crippen molar-refractivity contribution in [2.45, 2.75) is 37.8 Å². The summed E-state index contributed by atoms with van der Waals surface area (Å²) in [5.41, 5.74) is 1.33. The van der Waals surface area contributed by atoms with Gasteiger partial charge in [0.2, 0.25) is 0 Å². The third-order valence-electron chi connectivity index (χ3n) is 4.77. The van der Waals surface area contributed by atoms with E-state index in [4.69, 9.17) is 0 Å². The first-order valence-electron chi connectivity index (χ1n) is 10.3. The van der Waals surface area contributed by atoms with E-state index < -0.39 is 10.8 Å². The second kappa shape index (κ2) is 13.1. The van der Waals surface area contributed by atoms with Gasteiger partial charge in [-0.3, -0.25) is 14.1 Å². The van der Waals surface area contributed by atoms with Gasteiger partial charge in [-0.2, -0.15) is 0 Å². The maximum absolute atomic E-state index is 12.3. The van der Waals surface area contributed by atoms with E-state index in [1.54, 1.807) is 0 Å². The van der Waals surface area contributed by atoms with Gasteiger partial charge in [0.15, 0.2) is 5.96 Å². The highest BCUT2D eigenvalue weighted by Gasteiger charge is 2.09. The number of benzene rings is 2. The van der Waals surface area contributed by atoms with Crippen molar-refractivity contribution < 1.29 is 4.21 Å². The zero-order valence-corrected chi connectivity index (χ0v) is 18.6. The van der Waals surface area contributed by atoms with E-state index in [-0.39, 0.29) is 0 Å². The van der Waals surface area contributed by atoms with Crippen LogP contribution in [-0.2, 0) is 17.3 Å². The lowest BCUT2D eigenvalue weighted by molar-refractivity contribution is 0.240. The van der Waals surface area contributed by atoms with Crippen LogP contribution in [0.1, 0.15) is 25.8 Å². The number of hydrogen-bond acceptors (Lipinski definition) is 3. The maximum Gasteiger partial charge on any atom is 0.191 e. The van der Waals surface area contributed by atoms with Crippen LogP contribution in [0.3, 0.4) is 0 Å². The molecule has 158 valence electrons. The molecule has 2 unspecified atom stereocenters. The summed E-state index contributed by atoms with van der Waals surface area (Å²) in [6.07, 6.45) is 0.982. The number of guanidine groups is 1. The van der Waals surface area contributed by atoms with Gasteiger partial charge in [-0.1, -0.05) is 48.5 Å². The number of nitrogens with one attached hydrogen (secondary N) is 2. The fourth-order valence-electron chi connectivity index (χ4n) is 2.90. The summed E-state index contributed by atoms with van der Waals surface area (Å²) in [5.74, 6) is 1.35. The van der Waals surface area contributed by atoms with Crippen molar-refractivity contribution in [2.24, 2.45) is 4.99 Å². The predicted octanol–water partition coefficient (Wildman–Crippen LogP) is 3.26. The van der Waals surface area contributed by atoms with Crippen LogP contribution in [0.4, 0.5) is 0 Å². The Morgan fingerprint density at radius 3 is 2.38 bits per heavy atom. The molecule has 2 atom stereocenters. The average Bonchev–Trinajstić information content (AvgIpc) is 2.74. The Hall–Kier alpha value is -2.18. The summed E-state index contributed by atoms with van der Waals surface area (Å²) in [5, 5.41) is 6.56. The summed E-state index contributed by atoms with van der Waals surface area (Å²) < 4.78 is 12.3. The lowest BCUT2D eigenvalue weighted by Gasteiger charge is -2.24. The Labute approximate surface area is 178 Å². The molecule has 2 N–H and O–H groups in total. The molecule has 0 saturated heterocycles. The SMILES string of the molecule is CCNC(=NCCC(C)N(C)Cc1ccccc1)NCCS(=O)c1ccccc1. The Morgan fingerprint density at radius 2 is 1.72 bits per heavy atom. The summed E-state index contributed by atoms with van der Waals surface area (Å²) in [6, 6.07) is 20.6. The zero-order valence-electron chi connectivity index (χ0n) is 17.8. The second-order valence-corrected chi connectivity index (χ2v) is 8.66. The standard InChI is InChI=1S/C23H34N4OS/c1-4-24-23(26-17-18-29(28)22-13-9-6-10-14-22)25-16-15-20(2)27(3)19-21-11-7-5-8-12-21/h5-14,20H,4,15-19H2,1-3H3,(H2,24,25,26). The van der Waals surface area contributed by atoms with E-state index in [9.17, 15) is 4.21 Å². The first kappa shape index (κ1) is 23.1. The monoisotopic (exact) mass is 414 g/mol. The molecule has 2 rings (SSSR count). The summed E-state index contributed by atoms with van der Waals surface area (Å²) in [7, 11) is 1.16. The molecular formula is C23H34N4OS. The lowest BCUT2D eigenvalue weighted by atomic mass is 10.1. The first-order chi connectivity index (χ1) is 14.1. The molecule has 0 amide bonds. The minimum absolute atomic E-state index is 0.437. The van der Waals surface area contributed by atoms with Crippen LogP contribution in [-0.4, -0.2) is 53.5 Å². The van der Waals surface area contributed by atoms with E-state index in [2.05, 4.69) is 65.7 Å². The molecule has 0 aliphatic rings. The molecule has 0 radical (unpaired) electrons. The summed E-state index contributed by atoms with van der Waals surface area (Å²) >= 11 is 0. The Bertz CT molecular complexity index is 752. The average molecular weight is 415 g/mol. The molecule has 29 heavy (non-hydrogen) atoms. The maximum atomic E-state index is 12.3. The van der Waals surface area contributed by atoms with Crippen LogP contribution in [0.15, 0.2) is 70.6 Å². The number of hydrogen-bond donors (Lipinski definition) is 2. The molecule has 0 aliphatic heterocycles. The van der Waals surface area contributed by atoms with E-state index in [0.717, 1.165) is 36.9 Å². The molecule has 2 aromatic carbocycles. The van der Waals surface area contributed by atoms with Crippen LogP contribution in [0.5, 0.6) is 0 Å². The van der Waals surface area contributed by atoms with Gasteiger partial charge in [0.05, 0.1) is 10.8 Å². The molecule has 0 spiro atoms. The smallest absolute Gasteiger partial charge is 0.191 e. The van der Waals surface area contributed by atoms with Gasteiger partial charge >= 0.3 is 0 Å². The topological polar surface area (TPSA) is 56.7 Å². The van der Waals surface area contributed by atoms with E-state index in [1.807, 2.05) is 36.4 Å². The number of nitrogens with zero attached hydrogens (tertiary/aromatic N) is 2. The fourth-order valence-corrected chi connectivity index (χ4v) is 3.89. The largest absolute Gasteiger partial charge is 0.357 e. The Kier molecular flexibility index (Phi) is 10.5. The summed E-state index contributed by atoms with van der Waals surface area (Å²) in [4.78, 5) is 7.90. The molecular weight excluding hydrogens is 380 g/mol. The van der Waals surface area contributed by atoms with E-state index in [0.29, 0.717) is 18.3 Å². The van der Waals surface area contributed by atoms with Gasteiger partial charge in [0.1, 0.15) is 0 Å². The zero-order chi connectivity index (χ0) is 20.9. The van der Waals surface area contributed by atoms with Gasteiger partial charge in [-0.25, -0.2) is 0 Å². The van der Waals surface area contributed by atoms with Crippen molar-refractivity contribution in [3.63, 3.8) is 0 Å². The molecule has 2 aromatic rings. The molecule has 0 fully saturated rings. The van der Waals surface area contributed by atoms with Crippen LogP contribution in [0.25, 0.3) is 0 Å². The fraction of sp³-hybridized carbons (Fsp3) is 0.435. The van der Waals surface area contributed by atoms with Gasteiger partial charge in [0.25, 0.3) is 0 Å².